The predicted octanol–water partition coefficient (Wildman–Crippen LogP) is 5.63. The van der Waals surface area contributed by atoms with Gasteiger partial charge in [-0.2, -0.15) is 0 Å². The molecule has 3 aromatic rings. The molecular formula is C25H21BrN2O3. The first-order chi connectivity index (χ1) is 14.9. The smallest absolute Gasteiger partial charge is 0.266 e. The lowest BCUT2D eigenvalue weighted by molar-refractivity contribution is 0.0924. The average Bonchev–Trinajstić information content (AvgIpc) is 3.03. The number of carbonyl (C=O) groups excluding carboxylic acids is 3. The number of halogens is 1. The zero-order valence-electron chi connectivity index (χ0n) is 17.2. The summed E-state index contributed by atoms with van der Waals surface area (Å²) in [5.41, 5.74) is 4.40. The highest BCUT2D eigenvalue weighted by molar-refractivity contribution is 9.10. The molecule has 1 N–H and O–H groups in total. The Kier molecular flexibility index (Phi) is 5.74. The number of nitrogens with zero attached hydrogens (tertiary/aromatic N) is 1. The first kappa shape index (κ1) is 21.0. The third-order valence-corrected chi connectivity index (χ3v) is 5.95. The van der Waals surface area contributed by atoms with Crippen LogP contribution in [0.2, 0.25) is 0 Å². The topological polar surface area (TPSA) is 66.5 Å². The van der Waals surface area contributed by atoms with E-state index >= 15 is 0 Å². The zero-order chi connectivity index (χ0) is 22.1. The van der Waals surface area contributed by atoms with Gasteiger partial charge >= 0.3 is 0 Å². The second-order valence-corrected chi connectivity index (χ2v) is 8.21. The van der Waals surface area contributed by atoms with Crippen molar-refractivity contribution in [3.8, 4) is 0 Å². The summed E-state index contributed by atoms with van der Waals surface area (Å²) in [6, 6.07) is 17.6. The Morgan fingerprint density at radius 2 is 1.52 bits per heavy atom. The molecule has 4 rings (SSSR count). The van der Waals surface area contributed by atoms with Crippen molar-refractivity contribution in [1.82, 2.24) is 0 Å². The molecule has 0 unspecified atom stereocenters. The van der Waals surface area contributed by atoms with Crippen molar-refractivity contribution < 1.29 is 14.4 Å². The predicted molar refractivity (Wildman–Crippen MR) is 125 cm³/mol. The van der Waals surface area contributed by atoms with Gasteiger partial charge in [0.15, 0.2) is 0 Å². The first-order valence-corrected chi connectivity index (χ1v) is 10.9. The lowest BCUT2D eigenvalue weighted by atomic mass is 10.0. The van der Waals surface area contributed by atoms with Gasteiger partial charge in [-0.25, -0.2) is 4.90 Å². The minimum Gasteiger partial charge on any atom is -0.321 e. The van der Waals surface area contributed by atoms with E-state index in [4.69, 9.17) is 0 Å². The number of carbonyl (C=O) groups is 3. The standard InChI is InChI=1S/C25H21BrN2O3/c1-3-15-7-5-8-16(4-2)22(15)27-23(29)17-9-6-10-19(13-17)28-24(30)20-12-11-18(26)14-21(20)25(28)31/h5-14H,3-4H2,1-2H3,(H,27,29). The monoisotopic (exact) mass is 476 g/mol. The van der Waals surface area contributed by atoms with Gasteiger partial charge in [0, 0.05) is 15.7 Å². The molecule has 1 aliphatic heterocycles. The molecule has 5 nitrogen and oxygen atoms in total. The molecule has 0 radical (unpaired) electrons. The average molecular weight is 477 g/mol. The van der Waals surface area contributed by atoms with Crippen molar-refractivity contribution in [2.75, 3.05) is 10.2 Å². The quantitative estimate of drug-likeness (QED) is 0.485. The van der Waals surface area contributed by atoms with Crippen LogP contribution >= 0.6 is 15.9 Å². The van der Waals surface area contributed by atoms with Crippen molar-refractivity contribution in [3.05, 3.63) is 93.0 Å². The fourth-order valence-electron chi connectivity index (χ4n) is 3.82. The molecule has 0 bridgehead atoms. The molecule has 0 atom stereocenters. The molecule has 3 amide bonds. The molecule has 3 aromatic carbocycles. The van der Waals surface area contributed by atoms with E-state index in [0.29, 0.717) is 22.4 Å². The Morgan fingerprint density at radius 1 is 0.871 bits per heavy atom. The summed E-state index contributed by atoms with van der Waals surface area (Å²) >= 11 is 3.34. The minimum atomic E-state index is -0.400. The lowest BCUT2D eigenvalue weighted by Gasteiger charge is -2.17. The van der Waals surface area contributed by atoms with Gasteiger partial charge in [-0.05, 0) is 60.4 Å². The summed E-state index contributed by atoms with van der Waals surface area (Å²) in [4.78, 5) is 39.9. The number of fused-ring (bicyclic) bond motifs is 1. The number of benzene rings is 3. The van der Waals surface area contributed by atoms with E-state index in [2.05, 4.69) is 21.2 Å². The van der Waals surface area contributed by atoms with Gasteiger partial charge in [0.1, 0.15) is 0 Å². The van der Waals surface area contributed by atoms with Gasteiger partial charge in [0.25, 0.3) is 17.7 Å². The van der Waals surface area contributed by atoms with Crippen LogP contribution in [0.1, 0.15) is 56.0 Å². The van der Waals surface area contributed by atoms with Crippen LogP contribution in [0.5, 0.6) is 0 Å². The van der Waals surface area contributed by atoms with Crippen LogP contribution in [0, 0.1) is 0 Å². The fraction of sp³-hybridized carbons (Fsp3) is 0.160. The second-order valence-electron chi connectivity index (χ2n) is 7.30. The minimum absolute atomic E-state index is 0.281. The Balaban J connectivity index is 1.65. The Morgan fingerprint density at radius 3 is 2.19 bits per heavy atom. The third kappa shape index (κ3) is 3.79. The van der Waals surface area contributed by atoms with Crippen LogP contribution < -0.4 is 10.2 Å². The highest BCUT2D eigenvalue weighted by atomic mass is 79.9. The molecule has 0 aliphatic carbocycles. The highest BCUT2D eigenvalue weighted by Crippen LogP contribution is 2.31. The molecule has 156 valence electrons. The normalized spacial score (nSPS) is 12.8. The highest BCUT2D eigenvalue weighted by Gasteiger charge is 2.36. The number of hydrogen-bond acceptors (Lipinski definition) is 3. The van der Waals surface area contributed by atoms with Gasteiger partial charge in [-0.3, -0.25) is 14.4 Å². The van der Waals surface area contributed by atoms with Crippen molar-refractivity contribution in [2.24, 2.45) is 0 Å². The molecule has 1 heterocycles. The maximum absolute atomic E-state index is 13.0. The third-order valence-electron chi connectivity index (χ3n) is 5.45. The number of amides is 3. The van der Waals surface area contributed by atoms with E-state index in [1.807, 2.05) is 32.0 Å². The van der Waals surface area contributed by atoms with Crippen LogP contribution in [0.3, 0.4) is 0 Å². The second kappa shape index (κ2) is 8.47. The van der Waals surface area contributed by atoms with Crippen LogP contribution in [0.15, 0.2) is 65.1 Å². The number of imide groups is 1. The van der Waals surface area contributed by atoms with E-state index in [9.17, 15) is 14.4 Å². The Labute approximate surface area is 189 Å². The molecule has 0 aromatic heterocycles. The van der Waals surface area contributed by atoms with Crippen LogP contribution in [0.25, 0.3) is 0 Å². The van der Waals surface area contributed by atoms with Crippen molar-refractivity contribution in [3.63, 3.8) is 0 Å². The van der Waals surface area contributed by atoms with Gasteiger partial charge in [0.05, 0.1) is 16.8 Å². The van der Waals surface area contributed by atoms with E-state index < -0.39 is 11.8 Å². The van der Waals surface area contributed by atoms with Gasteiger partial charge < -0.3 is 5.32 Å². The van der Waals surface area contributed by atoms with E-state index in [1.165, 1.54) is 0 Å². The summed E-state index contributed by atoms with van der Waals surface area (Å²) in [6.07, 6.45) is 1.60. The maximum atomic E-state index is 13.0. The molecule has 0 saturated heterocycles. The molecule has 31 heavy (non-hydrogen) atoms. The largest absolute Gasteiger partial charge is 0.321 e. The number of aryl methyl sites for hydroxylation is 2. The molecule has 6 heteroatoms. The SMILES string of the molecule is CCc1cccc(CC)c1NC(=O)c1cccc(N2C(=O)c3ccc(Br)cc3C2=O)c1. The van der Waals surface area contributed by atoms with E-state index in [-0.39, 0.29) is 5.91 Å². The van der Waals surface area contributed by atoms with E-state index in [0.717, 1.165) is 39.0 Å². The summed E-state index contributed by atoms with van der Waals surface area (Å²) in [7, 11) is 0. The van der Waals surface area contributed by atoms with E-state index in [1.54, 1.807) is 42.5 Å². The van der Waals surface area contributed by atoms with Crippen LogP contribution in [-0.2, 0) is 12.8 Å². The van der Waals surface area contributed by atoms with Gasteiger partial charge in [0.2, 0.25) is 0 Å². The Hall–Kier alpha value is -3.25. The van der Waals surface area contributed by atoms with Crippen molar-refractivity contribution >= 4 is 45.0 Å². The maximum Gasteiger partial charge on any atom is 0.266 e. The van der Waals surface area contributed by atoms with Crippen molar-refractivity contribution in [1.29, 1.82) is 0 Å². The molecular weight excluding hydrogens is 456 g/mol. The molecule has 0 spiro atoms. The van der Waals surface area contributed by atoms with Gasteiger partial charge in [-0.1, -0.05) is 54.0 Å². The first-order valence-electron chi connectivity index (χ1n) is 10.1. The summed E-state index contributed by atoms with van der Waals surface area (Å²) in [5.74, 6) is -1.07. The molecule has 0 fully saturated rings. The fourth-order valence-corrected chi connectivity index (χ4v) is 4.18. The number of anilines is 2. The molecule has 1 aliphatic rings. The number of nitrogens with one attached hydrogen (secondary N) is 1. The number of para-hydroxylation sites is 1. The molecule has 0 saturated carbocycles. The van der Waals surface area contributed by atoms with Crippen LogP contribution in [0.4, 0.5) is 11.4 Å². The summed E-state index contributed by atoms with van der Waals surface area (Å²) in [6.45, 7) is 4.09. The van der Waals surface area contributed by atoms with Crippen LogP contribution in [-0.4, -0.2) is 17.7 Å². The van der Waals surface area contributed by atoms with Crippen molar-refractivity contribution in [2.45, 2.75) is 26.7 Å². The zero-order valence-corrected chi connectivity index (χ0v) is 18.8. The number of rotatable bonds is 5. The van der Waals surface area contributed by atoms with Gasteiger partial charge in [-0.15, -0.1) is 0 Å². The Bertz CT molecular complexity index is 1200. The number of hydrogen-bond donors (Lipinski definition) is 1. The lowest BCUT2D eigenvalue weighted by Crippen LogP contribution is -2.29. The summed E-state index contributed by atoms with van der Waals surface area (Å²) in [5, 5.41) is 3.03. The summed E-state index contributed by atoms with van der Waals surface area (Å²) < 4.78 is 0.726.